The second-order valence-corrected chi connectivity index (χ2v) is 8.52. The first-order chi connectivity index (χ1) is 12.6. The number of nitrogens with one attached hydrogen (secondary N) is 2. The first-order valence-electron chi connectivity index (χ1n) is 8.87. The van der Waals surface area contributed by atoms with Crippen molar-refractivity contribution in [3.63, 3.8) is 0 Å². The Morgan fingerprint density at radius 2 is 1.70 bits per heavy atom. The van der Waals surface area contributed by atoms with Crippen molar-refractivity contribution in [1.82, 2.24) is 4.72 Å². The molecule has 5 nitrogen and oxygen atoms in total. The molecular weight excluding hydrogens is 367 g/mol. The number of halogens is 1. The van der Waals surface area contributed by atoms with Crippen LogP contribution in [-0.2, 0) is 10.0 Å². The number of anilines is 1. The van der Waals surface area contributed by atoms with E-state index in [0.717, 1.165) is 23.8 Å². The van der Waals surface area contributed by atoms with E-state index in [-0.39, 0.29) is 16.5 Å². The van der Waals surface area contributed by atoms with Crippen LogP contribution in [0, 0.1) is 5.82 Å². The van der Waals surface area contributed by atoms with Gasteiger partial charge in [-0.25, -0.2) is 17.5 Å². The van der Waals surface area contributed by atoms with Crippen molar-refractivity contribution in [2.24, 2.45) is 0 Å². The van der Waals surface area contributed by atoms with Crippen molar-refractivity contribution in [3.05, 3.63) is 59.4 Å². The molecule has 0 heterocycles. The highest BCUT2D eigenvalue weighted by Crippen LogP contribution is 2.20. The minimum absolute atomic E-state index is 0.149. The standard InChI is InChI=1S/C20H25FN2O3S/c1-5-14(4)23-27(25,26)17-10-11-19(21)18(12-17)20(24)22-16-8-6-15(7-9-16)13(2)3/h6-14,23H,5H2,1-4H3,(H,22,24). The molecule has 0 spiro atoms. The summed E-state index contributed by atoms with van der Waals surface area (Å²) in [5.74, 6) is -1.13. The van der Waals surface area contributed by atoms with Gasteiger partial charge in [0.25, 0.3) is 5.91 Å². The van der Waals surface area contributed by atoms with Crippen LogP contribution in [0.4, 0.5) is 10.1 Å². The van der Waals surface area contributed by atoms with Gasteiger partial charge in [0, 0.05) is 11.7 Å². The SMILES string of the molecule is CCC(C)NS(=O)(=O)c1ccc(F)c(C(=O)Nc2ccc(C(C)C)cc2)c1. The molecule has 146 valence electrons. The van der Waals surface area contributed by atoms with Gasteiger partial charge >= 0.3 is 0 Å². The molecule has 2 aromatic carbocycles. The Bertz CT molecular complexity index is 909. The summed E-state index contributed by atoms with van der Waals surface area (Å²) in [6.07, 6.45) is 0.611. The summed E-state index contributed by atoms with van der Waals surface area (Å²) >= 11 is 0. The number of carbonyl (C=O) groups is 1. The van der Waals surface area contributed by atoms with Crippen LogP contribution in [0.15, 0.2) is 47.4 Å². The molecule has 0 saturated carbocycles. The molecule has 2 rings (SSSR count). The van der Waals surface area contributed by atoms with Crippen molar-refractivity contribution in [1.29, 1.82) is 0 Å². The number of rotatable bonds is 7. The zero-order valence-electron chi connectivity index (χ0n) is 15.9. The monoisotopic (exact) mass is 392 g/mol. The van der Waals surface area contributed by atoms with Gasteiger partial charge in [-0.15, -0.1) is 0 Å². The molecule has 0 aliphatic rings. The minimum Gasteiger partial charge on any atom is -0.322 e. The number of hydrogen-bond acceptors (Lipinski definition) is 3. The summed E-state index contributed by atoms with van der Waals surface area (Å²) < 4.78 is 41.4. The fourth-order valence-electron chi connectivity index (χ4n) is 2.41. The molecule has 0 aliphatic heterocycles. The Balaban J connectivity index is 2.25. The van der Waals surface area contributed by atoms with Crippen LogP contribution in [-0.4, -0.2) is 20.4 Å². The van der Waals surface area contributed by atoms with Crippen LogP contribution in [0.25, 0.3) is 0 Å². The summed E-state index contributed by atoms with van der Waals surface area (Å²) in [6, 6.07) is 10.2. The third kappa shape index (κ3) is 5.37. The van der Waals surface area contributed by atoms with Crippen molar-refractivity contribution in [3.8, 4) is 0 Å². The molecule has 0 bridgehead atoms. The van der Waals surface area contributed by atoms with E-state index in [1.165, 1.54) is 0 Å². The molecule has 1 atom stereocenters. The van der Waals surface area contributed by atoms with Crippen molar-refractivity contribution < 1.29 is 17.6 Å². The Labute approximate surface area is 160 Å². The van der Waals surface area contributed by atoms with E-state index in [0.29, 0.717) is 18.0 Å². The van der Waals surface area contributed by atoms with Gasteiger partial charge in [0.1, 0.15) is 5.82 Å². The normalized spacial score (nSPS) is 12.8. The van der Waals surface area contributed by atoms with Gasteiger partial charge in [0.2, 0.25) is 10.0 Å². The Hall–Kier alpha value is -2.25. The zero-order chi connectivity index (χ0) is 20.2. The van der Waals surface area contributed by atoms with Crippen LogP contribution in [0.2, 0.25) is 0 Å². The Morgan fingerprint density at radius 3 is 2.26 bits per heavy atom. The summed E-state index contributed by atoms with van der Waals surface area (Å²) in [4.78, 5) is 12.3. The molecule has 0 fully saturated rings. The number of hydrogen-bond donors (Lipinski definition) is 2. The van der Waals surface area contributed by atoms with Crippen LogP contribution in [0.1, 0.15) is 56.0 Å². The van der Waals surface area contributed by atoms with E-state index in [9.17, 15) is 17.6 Å². The van der Waals surface area contributed by atoms with E-state index in [1.807, 2.05) is 19.1 Å². The number of sulfonamides is 1. The topological polar surface area (TPSA) is 75.3 Å². The molecular formula is C20H25FN2O3S. The van der Waals surface area contributed by atoms with Gasteiger partial charge in [-0.1, -0.05) is 32.9 Å². The molecule has 27 heavy (non-hydrogen) atoms. The third-order valence-electron chi connectivity index (χ3n) is 4.30. The number of amides is 1. The fourth-order valence-corrected chi connectivity index (χ4v) is 3.76. The predicted octanol–water partition coefficient (Wildman–Crippen LogP) is 4.28. The third-order valence-corrected chi connectivity index (χ3v) is 5.88. The maximum absolute atomic E-state index is 14.1. The van der Waals surface area contributed by atoms with Crippen LogP contribution >= 0.6 is 0 Å². The summed E-state index contributed by atoms with van der Waals surface area (Å²) in [6.45, 7) is 7.70. The van der Waals surface area contributed by atoms with Gasteiger partial charge < -0.3 is 5.32 Å². The van der Waals surface area contributed by atoms with Crippen molar-refractivity contribution in [2.45, 2.75) is 51.0 Å². The number of benzene rings is 2. The van der Waals surface area contributed by atoms with Crippen LogP contribution in [0.3, 0.4) is 0 Å². The second kappa shape index (κ2) is 8.63. The van der Waals surface area contributed by atoms with Gasteiger partial charge in [-0.05, 0) is 55.2 Å². The van der Waals surface area contributed by atoms with E-state index in [2.05, 4.69) is 23.9 Å². The molecule has 0 saturated heterocycles. The lowest BCUT2D eigenvalue weighted by Gasteiger charge is -2.13. The molecule has 1 amide bonds. The highest BCUT2D eigenvalue weighted by molar-refractivity contribution is 7.89. The molecule has 0 radical (unpaired) electrons. The lowest BCUT2D eigenvalue weighted by Crippen LogP contribution is -2.32. The largest absolute Gasteiger partial charge is 0.322 e. The van der Waals surface area contributed by atoms with Gasteiger partial charge in [0.05, 0.1) is 10.5 Å². The van der Waals surface area contributed by atoms with E-state index in [4.69, 9.17) is 0 Å². The first-order valence-corrected chi connectivity index (χ1v) is 10.4. The van der Waals surface area contributed by atoms with Crippen LogP contribution in [0.5, 0.6) is 0 Å². The second-order valence-electron chi connectivity index (χ2n) is 6.80. The fraction of sp³-hybridized carbons (Fsp3) is 0.350. The average Bonchev–Trinajstić information content (AvgIpc) is 2.61. The summed E-state index contributed by atoms with van der Waals surface area (Å²) in [7, 11) is -3.83. The molecule has 2 N–H and O–H groups in total. The molecule has 2 aromatic rings. The van der Waals surface area contributed by atoms with Crippen molar-refractivity contribution >= 4 is 21.6 Å². The van der Waals surface area contributed by atoms with Gasteiger partial charge in [-0.2, -0.15) is 0 Å². The smallest absolute Gasteiger partial charge is 0.258 e. The molecule has 0 aliphatic carbocycles. The maximum Gasteiger partial charge on any atom is 0.258 e. The average molecular weight is 392 g/mol. The van der Waals surface area contributed by atoms with Gasteiger partial charge in [0.15, 0.2) is 0 Å². The lowest BCUT2D eigenvalue weighted by atomic mass is 10.0. The van der Waals surface area contributed by atoms with Crippen LogP contribution < -0.4 is 10.0 Å². The predicted molar refractivity (Wildman–Crippen MR) is 105 cm³/mol. The van der Waals surface area contributed by atoms with E-state index in [1.54, 1.807) is 19.1 Å². The highest BCUT2D eigenvalue weighted by atomic mass is 32.2. The molecule has 1 unspecified atom stereocenters. The quantitative estimate of drug-likeness (QED) is 0.738. The highest BCUT2D eigenvalue weighted by Gasteiger charge is 2.21. The van der Waals surface area contributed by atoms with Crippen molar-refractivity contribution in [2.75, 3.05) is 5.32 Å². The van der Waals surface area contributed by atoms with E-state index < -0.39 is 21.7 Å². The van der Waals surface area contributed by atoms with Gasteiger partial charge in [-0.3, -0.25) is 4.79 Å². The van der Waals surface area contributed by atoms with E-state index >= 15 is 0 Å². The lowest BCUT2D eigenvalue weighted by molar-refractivity contribution is 0.102. The molecule has 0 aromatic heterocycles. The summed E-state index contributed by atoms with van der Waals surface area (Å²) in [5, 5.41) is 2.60. The Kier molecular flexibility index (Phi) is 6.73. The number of carbonyl (C=O) groups excluding carboxylic acids is 1. The molecule has 7 heteroatoms. The Morgan fingerprint density at radius 1 is 1.07 bits per heavy atom. The summed E-state index contributed by atoms with van der Waals surface area (Å²) in [5.41, 5.74) is 1.30. The minimum atomic E-state index is -3.83. The maximum atomic E-state index is 14.1. The first kappa shape index (κ1) is 21.1. The zero-order valence-corrected chi connectivity index (χ0v) is 16.7.